The summed E-state index contributed by atoms with van der Waals surface area (Å²) in [6.07, 6.45) is 0. The highest BCUT2D eigenvalue weighted by Gasteiger charge is 2.08. The van der Waals surface area contributed by atoms with E-state index in [9.17, 15) is 9.90 Å². The summed E-state index contributed by atoms with van der Waals surface area (Å²) in [7, 11) is 0. The number of hydrogen-bond donors (Lipinski definition) is 1. The van der Waals surface area contributed by atoms with Crippen molar-refractivity contribution in [3.8, 4) is 5.75 Å². The second-order valence-corrected chi connectivity index (χ2v) is 2.84. The average Bonchev–Trinajstić information content (AvgIpc) is 2.08. The van der Waals surface area contributed by atoms with Crippen molar-refractivity contribution >= 4 is 17.4 Å². The normalized spacial score (nSPS) is 9.83. The SMILES string of the molecule is Cc1ccc(O)c(C(=O)CCl)c1. The molecule has 3 heteroatoms. The molecule has 2 nitrogen and oxygen atoms in total. The molecule has 0 atom stereocenters. The van der Waals surface area contributed by atoms with Gasteiger partial charge in [-0.1, -0.05) is 11.6 Å². The lowest BCUT2D eigenvalue weighted by Gasteiger charge is -2.01. The first-order chi connectivity index (χ1) is 5.65. The summed E-state index contributed by atoms with van der Waals surface area (Å²) in [6, 6.07) is 4.86. The van der Waals surface area contributed by atoms with Crippen molar-refractivity contribution in [2.45, 2.75) is 6.92 Å². The van der Waals surface area contributed by atoms with Crippen molar-refractivity contribution in [1.82, 2.24) is 0 Å². The summed E-state index contributed by atoms with van der Waals surface area (Å²) in [5, 5.41) is 9.26. The van der Waals surface area contributed by atoms with Gasteiger partial charge >= 0.3 is 0 Å². The fourth-order valence-corrected chi connectivity index (χ4v) is 1.09. The van der Waals surface area contributed by atoms with Crippen molar-refractivity contribution in [2.75, 3.05) is 5.88 Å². The fraction of sp³-hybridized carbons (Fsp3) is 0.222. The van der Waals surface area contributed by atoms with Gasteiger partial charge in [0.2, 0.25) is 0 Å². The van der Waals surface area contributed by atoms with Crippen LogP contribution in [0.5, 0.6) is 5.75 Å². The van der Waals surface area contributed by atoms with E-state index in [0.717, 1.165) is 5.56 Å². The number of rotatable bonds is 2. The molecule has 0 radical (unpaired) electrons. The molecule has 0 aromatic heterocycles. The van der Waals surface area contributed by atoms with E-state index >= 15 is 0 Å². The molecule has 0 spiro atoms. The maximum absolute atomic E-state index is 11.1. The van der Waals surface area contributed by atoms with Crippen molar-refractivity contribution < 1.29 is 9.90 Å². The average molecular weight is 185 g/mol. The number of carbonyl (C=O) groups is 1. The number of hydrogen-bond acceptors (Lipinski definition) is 2. The molecule has 0 aliphatic heterocycles. The van der Waals surface area contributed by atoms with E-state index in [2.05, 4.69) is 0 Å². The highest BCUT2D eigenvalue weighted by Crippen LogP contribution is 2.18. The topological polar surface area (TPSA) is 37.3 Å². The summed E-state index contributed by atoms with van der Waals surface area (Å²) in [5.41, 5.74) is 1.23. The second-order valence-electron chi connectivity index (χ2n) is 2.58. The molecular weight excluding hydrogens is 176 g/mol. The number of aryl methyl sites for hydroxylation is 1. The van der Waals surface area contributed by atoms with E-state index in [1.807, 2.05) is 6.92 Å². The summed E-state index contributed by atoms with van der Waals surface area (Å²) >= 11 is 5.35. The van der Waals surface area contributed by atoms with Crippen molar-refractivity contribution in [2.24, 2.45) is 0 Å². The number of carbonyl (C=O) groups excluding carboxylic acids is 1. The third-order valence-electron chi connectivity index (χ3n) is 1.57. The Kier molecular flexibility index (Phi) is 2.71. The fourth-order valence-electron chi connectivity index (χ4n) is 0.945. The molecule has 0 aliphatic carbocycles. The summed E-state index contributed by atoms with van der Waals surface area (Å²) in [5.74, 6) is -0.360. The number of benzene rings is 1. The van der Waals surface area contributed by atoms with Crippen LogP contribution in [-0.4, -0.2) is 16.8 Å². The van der Waals surface area contributed by atoms with Crippen molar-refractivity contribution in [3.05, 3.63) is 29.3 Å². The van der Waals surface area contributed by atoms with Gasteiger partial charge in [-0.05, 0) is 19.1 Å². The molecule has 1 rings (SSSR count). The Morgan fingerprint density at radius 3 is 2.83 bits per heavy atom. The smallest absolute Gasteiger partial charge is 0.181 e. The number of aromatic hydroxyl groups is 1. The minimum atomic E-state index is -0.252. The Morgan fingerprint density at radius 1 is 1.58 bits per heavy atom. The number of halogens is 1. The van der Waals surface area contributed by atoms with E-state index in [1.54, 1.807) is 12.1 Å². The molecular formula is C9H9ClO2. The molecule has 1 aromatic carbocycles. The molecule has 0 saturated heterocycles. The van der Waals surface area contributed by atoms with Gasteiger partial charge in [-0.3, -0.25) is 4.79 Å². The van der Waals surface area contributed by atoms with Crippen LogP contribution in [0.4, 0.5) is 0 Å². The zero-order valence-electron chi connectivity index (χ0n) is 6.67. The summed E-state index contributed by atoms with van der Waals surface area (Å²) in [6.45, 7) is 1.85. The first kappa shape index (κ1) is 9.07. The van der Waals surface area contributed by atoms with Crippen LogP contribution in [0.15, 0.2) is 18.2 Å². The standard InChI is InChI=1S/C9H9ClO2/c1-6-2-3-8(11)7(4-6)9(12)5-10/h2-4,11H,5H2,1H3. The number of Topliss-reactive ketones (excluding diaryl/α,β-unsaturated/α-hetero) is 1. The van der Waals surface area contributed by atoms with E-state index < -0.39 is 0 Å². The molecule has 64 valence electrons. The van der Waals surface area contributed by atoms with Gasteiger partial charge in [0.15, 0.2) is 5.78 Å². The van der Waals surface area contributed by atoms with Crippen LogP contribution in [0.1, 0.15) is 15.9 Å². The molecule has 1 aromatic rings. The lowest BCUT2D eigenvalue weighted by molar-refractivity contribution is 0.101. The van der Waals surface area contributed by atoms with E-state index in [0.29, 0.717) is 5.56 Å². The zero-order valence-corrected chi connectivity index (χ0v) is 7.43. The van der Waals surface area contributed by atoms with Gasteiger partial charge in [0.1, 0.15) is 5.75 Å². The largest absolute Gasteiger partial charge is 0.507 e. The van der Waals surface area contributed by atoms with Gasteiger partial charge < -0.3 is 5.11 Å². The quantitative estimate of drug-likeness (QED) is 0.565. The molecule has 0 aliphatic rings. The highest BCUT2D eigenvalue weighted by atomic mass is 35.5. The van der Waals surface area contributed by atoms with Gasteiger partial charge in [0, 0.05) is 0 Å². The van der Waals surface area contributed by atoms with E-state index in [4.69, 9.17) is 11.6 Å². The van der Waals surface area contributed by atoms with Gasteiger partial charge in [-0.15, -0.1) is 11.6 Å². The molecule has 0 amide bonds. The molecule has 0 saturated carbocycles. The molecule has 0 bridgehead atoms. The van der Waals surface area contributed by atoms with Gasteiger partial charge in [0.05, 0.1) is 11.4 Å². The Hall–Kier alpha value is -1.02. The maximum atomic E-state index is 11.1. The Bertz CT molecular complexity index is 307. The van der Waals surface area contributed by atoms with Crippen LogP contribution in [0.3, 0.4) is 0 Å². The predicted molar refractivity (Wildman–Crippen MR) is 47.9 cm³/mol. The third-order valence-corrected chi connectivity index (χ3v) is 1.82. The van der Waals surface area contributed by atoms with Crippen LogP contribution in [0.25, 0.3) is 0 Å². The number of phenols is 1. The van der Waals surface area contributed by atoms with Crippen LogP contribution in [0, 0.1) is 6.92 Å². The molecule has 12 heavy (non-hydrogen) atoms. The maximum Gasteiger partial charge on any atom is 0.181 e. The molecule has 0 heterocycles. The Morgan fingerprint density at radius 2 is 2.25 bits per heavy atom. The Labute approximate surface area is 75.8 Å². The van der Waals surface area contributed by atoms with Gasteiger partial charge in [-0.2, -0.15) is 0 Å². The summed E-state index contributed by atoms with van der Waals surface area (Å²) in [4.78, 5) is 11.1. The van der Waals surface area contributed by atoms with Gasteiger partial charge in [0.25, 0.3) is 0 Å². The molecule has 1 N–H and O–H groups in total. The zero-order chi connectivity index (χ0) is 9.14. The second kappa shape index (κ2) is 3.59. The first-order valence-electron chi connectivity index (χ1n) is 3.54. The lowest BCUT2D eigenvalue weighted by atomic mass is 10.1. The predicted octanol–water partition coefficient (Wildman–Crippen LogP) is 2.12. The van der Waals surface area contributed by atoms with Crippen LogP contribution < -0.4 is 0 Å². The number of alkyl halides is 1. The number of phenolic OH excluding ortho intramolecular Hbond substituents is 1. The van der Waals surface area contributed by atoms with Crippen LogP contribution in [0.2, 0.25) is 0 Å². The lowest BCUT2D eigenvalue weighted by Crippen LogP contribution is -2.00. The minimum Gasteiger partial charge on any atom is -0.507 e. The van der Waals surface area contributed by atoms with Crippen LogP contribution in [-0.2, 0) is 0 Å². The molecule has 0 unspecified atom stereocenters. The van der Waals surface area contributed by atoms with Crippen molar-refractivity contribution in [1.29, 1.82) is 0 Å². The monoisotopic (exact) mass is 184 g/mol. The minimum absolute atomic E-state index is 0.00810. The third kappa shape index (κ3) is 1.77. The Balaban J connectivity index is 3.13. The number of ketones is 1. The van der Waals surface area contributed by atoms with Gasteiger partial charge in [-0.25, -0.2) is 0 Å². The summed E-state index contributed by atoms with van der Waals surface area (Å²) < 4.78 is 0. The van der Waals surface area contributed by atoms with E-state index in [-0.39, 0.29) is 17.4 Å². The highest BCUT2D eigenvalue weighted by molar-refractivity contribution is 6.30. The van der Waals surface area contributed by atoms with Crippen LogP contribution >= 0.6 is 11.6 Å². The van der Waals surface area contributed by atoms with Crippen molar-refractivity contribution in [3.63, 3.8) is 0 Å². The first-order valence-corrected chi connectivity index (χ1v) is 4.07. The van der Waals surface area contributed by atoms with E-state index in [1.165, 1.54) is 6.07 Å². The molecule has 0 fully saturated rings.